The van der Waals surface area contributed by atoms with Crippen molar-refractivity contribution in [1.82, 2.24) is 0 Å². The van der Waals surface area contributed by atoms with Crippen molar-refractivity contribution in [3.63, 3.8) is 0 Å². The molecule has 0 radical (unpaired) electrons. The number of rotatable bonds is 2. The van der Waals surface area contributed by atoms with Crippen LogP contribution in [0.3, 0.4) is 0 Å². The molecule has 0 aliphatic carbocycles. The summed E-state index contributed by atoms with van der Waals surface area (Å²) in [6.07, 6.45) is 1.54. The van der Waals surface area contributed by atoms with Crippen LogP contribution in [0.15, 0.2) is 44.5 Å². The lowest BCUT2D eigenvalue weighted by Crippen LogP contribution is -1.94. The molecule has 1 rings (SSSR count). The molecule has 74 valence electrons. The summed E-state index contributed by atoms with van der Waals surface area (Å²) in [5.41, 5.74) is 6.88. The van der Waals surface area contributed by atoms with Crippen LogP contribution < -0.4 is 5.73 Å². The molecule has 0 atom stereocenters. The molecule has 0 saturated heterocycles. The van der Waals surface area contributed by atoms with Crippen molar-refractivity contribution in [2.75, 3.05) is 0 Å². The first-order chi connectivity index (χ1) is 6.59. The third-order valence-electron chi connectivity index (χ3n) is 1.53. The lowest BCUT2D eigenvalue weighted by Gasteiger charge is -1.94. The zero-order valence-electron chi connectivity index (χ0n) is 7.67. The maximum atomic E-state index is 5.79. The number of halogens is 2. The van der Waals surface area contributed by atoms with Crippen molar-refractivity contribution in [3.8, 4) is 0 Å². The van der Waals surface area contributed by atoms with E-state index in [1.54, 1.807) is 13.1 Å². The minimum atomic E-state index is 0.466. The van der Waals surface area contributed by atoms with Crippen molar-refractivity contribution in [2.45, 2.75) is 6.92 Å². The van der Waals surface area contributed by atoms with Crippen LogP contribution in [0.5, 0.6) is 0 Å². The second-order valence-electron chi connectivity index (χ2n) is 2.77. The first kappa shape index (κ1) is 11.3. The Labute approximate surface area is 96.6 Å². The summed E-state index contributed by atoms with van der Waals surface area (Å²) in [7, 11) is 0. The van der Waals surface area contributed by atoms with Crippen LogP contribution >= 0.6 is 27.5 Å². The smallest absolute Gasteiger partial charge is 0.0773 e. The fraction of sp³-hybridized carbons (Fsp3) is 0.100. The van der Waals surface area contributed by atoms with Gasteiger partial charge < -0.3 is 5.73 Å². The van der Waals surface area contributed by atoms with Crippen molar-refractivity contribution < 1.29 is 0 Å². The third kappa shape index (κ3) is 3.52. The van der Waals surface area contributed by atoms with Gasteiger partial charge in [-0.3, -0.25) is 4.99 Å². The van der Waals surface area contributed by atoms with Gasteiger partial charge in [0.2, 0.25) is 0 Å². The van der Waals surface area contributed by atoms with Gasteiger partial charge in [-0.25, -0.2) is 0 Å². The highest BCUT2D eigenvalue weighted by molar-refractivity contribution is 9.10. The van der Waals surface area contributed by atoms with E-state index in [1.807, 2.05) is 24.3 Å². The summed E-state index contributed by atoms with van der Waals surface area (Å²) in [6, 6.07) is 7.60. The van der Waals surface area contributed by atoms with E-state index < -0.39 is 0 Å². The highest BCUT2D eigenvalue weighted by atomic mass is 79.9. The Morgan fingerprint density at radius 2 is 2.00 bits per heavy atom. The summed E-state index contributed by atoms with van der Waals surface area (Å²) in [5.74, 6) is 0. The number of nitrogens with zero attached hydrogens (tertiary/aromatic N) is 1. The summed E-state index contributed by atoms with van der Waals surface area (Å²) in [5, 5.41) is 0.466. The number of nitrogens with two attached hydrogens (primary N) is 1. The van der Waals surface area contributed by atoms with E-state index in [-0.39, 0.29) is 0 Å². The lowest BCUT2D eigenvalue weighted by atomic mass is 10.3. The van der Waals surface area contributed by atoms with E-state index in [2.05, 4.69) is 20.9 Å². The predicted octanol–water partition coefficient (Wildman–Crippen LogP) is 3.58. The highest BCUT2D eigenvalue weighted by Gasteiger charge is 1.91. The van der Waals surface area contributed by atoms with Crippen molar-refractivity contribution in [1.29, 1.82) is 0 Å². The Kier molecular flexibility index (Phi) is 4.17. The van der Waals surface area contributed by atoms with Crippen molar-refractivity contribution in [3.05, 3.63) is 39.5 Å². The lowest BCUT2D eigenvalue weighted by molar-refractivity contribution is 1.31. The SMILES string of the molecule is C/C(N)=C(\Cl)C=Nc1ccc(Br)cc1. The monoisotopic (exact) mass is 272 g/mol. The zero-order chi connectivity index (χ0) is 10.6. The molecule has 0 heterocycles. The molecule has 0 unspecified atom stereocenters. The Bertz CT molecular complexity index is 364. The molecule has 0 fully saturated rings. The van der Waals surface area contributed by atoms with Crippen LogP contribution in [0.25, 0.3) is 0 Å². The standard InChI is InChI=1S/C10H10BrClN2/c1-7(13)10(12)6-14-9-4-2-8(11)3-5-9/h2-6H,13H2,1H3/b10-7+,14-6?. The fourth-order valence-corrected chi connectivity index (χ4v) is 1.07. The van der Waals surface area contributed by atoms with Crippen LogP contribution in [0.1, 0.15) is 6.92 Å². The zero-order valence-corrected chi connectivity index (χ0v) is 10.0. The molecule has 0 spiro atoms. The van der Waals surface area contributed by atoms with Crippen molar-refractivity contribution >= 4 is 39.4 Å². The highest BCUT2D eigenvalue weighted by Crippen LogP contribution is 2.17. The molecule has 2 nitrogen and oxygen atoms in total. The molecule has 4 heteroatoms. The predicted molar refractivity (Wildman–Crippen MR) is 65.0 cm³/mol. The molecule has 0 bridgehead atoms. The van der Waals surface area contributed by atoms with E-state index in [1.165, 1.54) is 0 Å². The van der Waals surface area contributed by atoms with Crippen LogP contribution in [-0.2, 0) is 0 Å². The van der Waals surface area contributed by atoms with Crippen molar-refractivity contribution in [2.24, 2.45) is 10.7 Å². The summed E-state index contributed by atoms with van der Waals surface area (Å²) in [6.45, 7) is 1.73. The van der Waals surface area contributed by atoms with Gasteiger partial charge in [-0.15, -0.1) is 0 Å². The number of hydrogen-bond acceptors (Lipinski definition) is 2. The first-order valence-corrected chi connectivity index (χ1v) is 5.18. The number of aliphatic imine (C=N–C) groups is 1. The molecule has 1 aromatic rings. The van der Waals surface area contributed by atoms with Crippen LogP contribution in [0.2, 0.25) is 0 Å². The normalized spacial score (nSPS) is 13.1. The Morgan fingerprint density at radius 1 is 1.43 bits per heavy atom. The Morgan fingerprint density at radius 3 is 2.50 bits per heavy atom. The number of benzene rings is 1. The van der Waals surface area contributed by atoms with Gasteiger partial charge >= 0.3 is 0 Å². The summed E-state index contributed by atoms with van der Waals surface area (Å²) >= 11 is 9.13. The van der Waals surface area contributed by atoms with E-state index in [0.717, 1.165) is 10.2 Å². The molecule has 0 amide bonds. The van der Waals surface area contributed by atoms with E-state index in [9.17, 15) is 0 Å². The second kappa shape index (κ2) is 5.17. The Hall–Kier alpha value is -0.800. The average Bonchev–Trinajstić information content (AvgIpc) is 2.16. The van der Waals surface area contributed by atoms with Gasteiger partial charge in [-0.1, -0.05) is 27.5 Å². The number of allylic oxidation sites excluding steroid dienone is 2. The van der Waals surface area contributed by atoms with Gasteiger partial charge in [0.05, 0.1) is 10.7 Å². The second-order valence-corrected chi connectivity index (χ2v) is 4.09. The molecule has 14 heavy (non-hydrogen) atoms. The molecule has 0 aromatic heterocycles. The van der Waals surface area contributed by atoms with Crippen LogP contribution in [-0.4, -0.2) is 6.21 Å². The average molecular weight is 274 g/mol. The molecule has 2 N–H and O–H groups in total. The van der Waals surface area contributed by atoms with Gasteiger partial charge in [-0.05, 0) is 31.2 Å². The third-order valence-corrected chi connectivity index (χ3v) is 2.45. The van der Waals surface area contributed by atoms with Crippen LogP contribution in [0.4, 0.5) is 5.69 Å². The van der Waals surface area contributed by atoms with Gasteiger partial charge in [0.1, 0.15) is 0 Å². The van der Waals surface area contributed by atoms with Gasteiger partial charge in [-0.2, -0.15) is 0 Å². The molecule has 0 saturated carbocycles. The Balaban J connectivity index is 2.79. The van der Waals surface area contributed by atoms with E-state index in [4.69, 9.17) is 17.3 Å². The molecule has 0 aliphatic rings. The van der Waals surface area contributed by atoms with Crippen LogP contribution in [0, 0.1) is 0 Å². The van der Waals surface area contributed by atoms with E-state index >= 15 is 0 Å². The van der Waals surface area contributed by atoms with Gasteiger partial charge in [0.25, 0.3) is 0 Å². The fourth-order valence-electron chi connectivity index (χ4n) is 0.760. The largest absolute Gasteiger partial charge is 0.401 e. The minimum absolute atomic E-state index is 0.466. The molecular formula is C10H10BrClN2. The minimum Gasteiger partial charge on any atom is -0.401 e. The summed E-state index contributed by atoms with van der Waals surface area (Å²) < 4.78 is 1.02. The maximum absolute atomic E-state index is 5.79. The van der Waals surface area contributed by atoms with Gasteiger partial charge in [0, 0.05) is 16.4 Å². The molecular weight excluding hydrogens is 263 g/mol. The topological polar surface area (TPSA) is 38.4 Å². The van der Waals surface area contributed by atoms with E-state index in [0.29, 0.717) is 10.7 Å². The molecule has 1 aromatic carbocycles. The first-order valence-electron chi connectivity index (χ1n) is 4.01. The molecule has 0 aliphatic heterocycles. The number of hydrogen-bond donors (Lipinski definition) is 1. The quantitative estimate of drug-likeness (QED) is 0.822. The maximum Gasteiger partial charge on any atom is 0.0773 e. The van der Waals surface area contributed by atoms with Gasteiger partial charge in [0.15, 0.2) is 0 Å². The summed E-state index contributed by atoms with van der Waals surface area (Å²) in [4.78, 5) is 4.15.